The largest absolute Gasteiger partial charge is 0.467 e. The normalized spacial score (nSPS) is 11.8. The van der Waals surface area contributed by atoms with Crippen molar-refractivity contribution in [3.05, 3.63) is 54.2 Å². The fraction of sp³-hybridized carbons (Fsp3) is 0.375. The van der Waals surface area contributed by atoms with Gasteiger partial charge in [0.2, 0.25) is 10.0 Å². The molecule has 0 bridgehead atoms. The Labute approximate surface area is 130 Å². The summed E-state index contributed by atoms with van der Waals surface area (Å²) in [6, 6.07) is 8.86. The molecular weight excluding hydrogens is 305 g/mol. The van der Waals surface area contributed by atoms with E-state index in [0.29, 0.717) is 17.9 Å². The monoisotopic (exact) mass is 325 g/mol. The van der Waals surface area contributed by atoms with Gasteiger partial charge in [0.1, 0.15) is 11.6 Å². The fourth-order valence-corrected chi connectivity index (χ4v) is 3.75. The van der Waals surface area contributed by atoms with Crippen molar-refractivity contribution >= 4 is 15.7 Å². The third-order valence-electron chi connectivity index (χ3n) is 3.28. The van der Waals surface area contributed by atoms with Gasteiger partial charge in [-0.2, -0.15) is 0 Å². The minimum atomic E-state index is -3.51. The van der Waals surface area contributed by atoms with Gasteiger partial charge in [0.15, 0.2) is 0 Å². The first-order chi connectivity index (χ1) is 10.4. The van der Waals surface area contributed by atoms with Crippen LogP contribution < -0.4 is 4.31 Å². The zero-order valence-corrected chi connectivity index (χ0v) is 13.5. The van der Waals surface area contributed by atoms with Gasteiger partial charge in [-0.25, -0.2) is 12.8 Å². The summed E-state index contributed by atoms with van der Waals surface area (Å²) >= 11 is 0. The highest BCUT2D eigenvalue weighted by molar-refractivity contribution is 7.92. The maximum Gasteiger partial charge on any atom is 0.235 e. The lowest BCUT2D eigenvalue weighted by Crippen LogP contribution is -2.33. The van der Waals surface area contributed by atoms with Crippen LogP contribution >= 0.6 is 0 Å². The number of sulfonamides is 1. The fourth-order valence-electron chi connectivity index (χ4n) is 2.00. The van der Waals surface area contributed by atoms with Gasteiger partial charge >= 0.3 is 0 Å². The van der Waals surface area contributed by atoms with Crippen LogP contribution in [-0.4, -0.2) is 14.2 Å². The molecule has 0 atom stereocenters. The number of hydrogen-bond donors (Lipinski definition) is 0. The van der Waals surface area contributed by atoms with E-state index >= 15 is 0 Å². The third kappa shape index (κ3) is 4.34. The molecule has 0 amide bonds. The predicted octanol–water partition coefficient (Wildman–Crippen LogP) is 3.80. The van der Waals surface area contributed by atoms with Gasteiger partial charge in [-0.1, -0.05) is 13.8 Å². The molecule has 6 heteroatoms. The van der Waals surface area contributed by atoms with Crippen LogP contribution in [0.4, 0.5) is 10.1 Å². The average molecular weight is 325 g/mol. The SMILES string of the molecule is CC(C)CCS(=O)(=O)N(Cc1ccco1)c1ccc(F)cc1. The Hall–Kier alpha value is -1.82. The van der Waals surface area contributed by atoms with E-state index in [1.165, 1.54) is 34.8 Å². The lowest BCUT2D eigenvalue weighted by molar-refractivity contribution is 0.507. The quantitative estimate of drug-likeness (QED) is 0.778. The van der Waals surface area contributed by atoms with Crippen LogP contribution in [0, 0.1) is 11.7 Å². The Balaban J connectivity index is 2.30. The summed E-state index contributed by atoms with van der Waals surface area (Å²) in [5.41, 5.74) is 0.432. The molecule has 120 valence electrons. The zero-order chi connectivity index (χ0) is 16.2. The number of benzene rings is 1. The Bertz CT molecular complexity index is 679. The van der Waals surface area contributed by atoms with Crippen molar-refractivity contribution in [3.63, 3.8) is 0 Å². The van der Waals surface area contributed by atoms with Crippen LogP contribution in [0.2, 0.25) is 0 Å². The van der Waals surface area contributed by atoms with E-state index in [4.69, 9.17) is 4.42 Å². The number of nitrogens with zero attached hydrogens (tertiary/aromatic N) is 1. The summed E-state index contributed by atoms with van der Waals surface area (Å²) in [6.07, 6.45) is 2.07. The van der Waals surface area contributed by atoms with Gasteiger partial charge in [0.05, 0.1) is 24.2 Å². The number of rotatable bonds is 7. The second-order valence-electron chi connectivity index (χ2n) is 5.56. The molecule has 0 aliphatic rings. The number of hydrogen-bond acceptors (Lipinski definition) is 3. The highest BCUT2D eigenvalue weighted by Crippen LogP contribution is 2.23. The molecule has 0 saturated heterocycles. The molecule has 1 aromatic carbocycles. The highest BCUT2D eigenvalue weighted by atomic mass is 32.2. The standard InChI is InChI=1S/C16H20FNO3S/c1-13(2)9-11-22(19,20)18(12-16-4-3-10-21-16)15-7-5-14(17)6-8-15/h3-8,10,13H,9,11-12H2,1-2H3. The van der Waals surface area contributed by atoms with Gasteiger partial charge in [0.25, 0.3) is 0 Å². The van der Waals surface area contributed by atoms with Crippen LogP contribution in [0.5, 0.6) is 0 Å². The minimum Gasteiger partial charge on any atom is -0.467 e. The van der Waals surface area contributed by atoms with Crippen LogP contribution in [0.15, 0.2) is 47.1 Å². The Kier molecular flexibility index (Phi) is 5.24. The summed E-state index contributed by atoms with van der Waals surface area (Å²) in [7, 11) is -3.51. The van der Waals surface area contributed by atoms with Gasteiger partial charge in [-0.15, -0.1) is 0 Å². The van der Waals surface area contributed by atoms with E-state index < -0.39 is 15.8 Å². The summed E-state index contributed by atoms with van der Waals surface area (Å²) in [5, 5.41) is 0. The Morgan fingerprint density at radius 1 is 1.18 bits per heavy atom. The first kappa shape index (κ1) is 16.5. The summed E-state index contributed by atoms with van der Waals surface area (Å²) in [6.45, 7) is 4.05. The lowest BCUT2D eigenvalue weighted by atomic mass is 10.2. The molecule has 0 unspecified atom stereocenters. The molecule has 0 spiro atoms. The molecule has 4 nitrogen and oxygen atoms in total. The lowest BCUT2D eigenvalue weighted by Gasteiger charge is -2.24. The molecule has 2 aromatic rings. The smallest absolute Gasteiger partial charge is 0.235 e. The van der Waals surface area contributed by atoms with Crippen LogP contribution in [0.1, 0.15) is 26.0 Å². The van der Waals surface area contributed by atoms with E-state index in [9.17, 15) is 12.8 Å². The molecule has 0 aliphatic heterocycles. The molecule has 1 aromatic heterocycles. The maximum atomic E-state index is 13.1. The molecule has 0 aliphatic carbocycles. The molecule has 1 heterocycles. The van der Waals surface area contributed by atoms with Crippen LogP contribution in [0.3, 0.4) is 0 Å². The molecule has 0 saturated carbocycles. The number of anilines is 1. The second-order valence-corrected chi connectivity index (χ2v) is 7.57. The van der Waals surface area contributed by atoms with E-state index in [2.05, 4.69) is 0 Å². The summed E-state index contributed by atoms with van der Waals surface area (Å²) < 4.78 is 44.9. The van der Waals surface area contributed by atoms with Crippen molar-refractivity contribution in [1.82, 2.24) is 0 Å². The van der Waals surface area contributed by atoms with Gasteiger partial charge in [0, 0.05) is 0 Å². The molecule has 22 heavy (non-hydrogen) atoms. The predicted molar refractivity (Wildman–Crippen MR) is 84.5 cm³/mol. The van der Waals surface area contributed by atoms with E-state index in [1.807, 2.05) is 13.8 Å². The van der Waals surface area contributed by atoms with Gasteiger partial charge < -0.3 is 4.42 Å². The van der Waals surface area contributed by atoms with Crippen molar-refractivity contribution in [1.29, 1.82) is 0 Å². The first-order valence-electron chi connectivity index (χ1n) is 7.17. The highest BCUT2D eigenvalue weighted by Gasteiger charge is 2.24. The third-order valence-corrected chi connectivity index (χ3v) is 5.05. The van der Waals surface area contributed by atoms with Crippen molar-refractivity contribution < 1.29 is 17.2 Å². The van der Waals surface area contributed by atoms with Crippen LogP contribution in [0.25, 0.3) is 0 Å². The summed E-state index contributed by atoms with van der Waals surface area (Å²) in [4.78, 5) is 0. The molecule has 0 fully saturated rings. The summed E-state index contributed by atoms with van der Waals surface area (Å²) in [5.74, 6) is 0.468. The first-order valence-corrected chi connectivity index (χ1v) is 8.78. The van der Waals surface area contributed by atoms with Crippen molar-refractivity contribution in [2.45, 2.75) is 26.8 Å². The maximum absolute atomic E-state index is 13.1. The van der Waals surface area contributed by atoms with Crippen molar-refractivity contribution in [3.8, 4) is 0 Å². The van der Waals surface area contributed by atoms with Gasteiger partial charge in [-0.3, -0.25) is 4.31 Å². The minimum absolute atomic E-state index is 0.0444. The number of furan rings is 1. The van der Waals surface area contributed by atoms with E-state index in [-0.39, 0.29) is 18.2 Å². The molecular formula is C16H20FNO3S. The van der Waals surface area contributed by atoms with E-state index in [0.717, 1.165) is 0 Å². The molecule has 0 radical (unpaired) electrons. The van der Waals surface area contributed by atoms with Crippen LogP contribution in [-0.2, 0) is 16.6 Å². The molecule has 2 rings (SSSR count). The van der Waals surface area contributed by atoms with Crippen molar-refractivity contribution in [2.75, 3.05) is 10.1 Å². The van der Waals surface area contributed by atoms with Crippen molar-refractivity contribution in [2.24, 2.45) is 5.92 Å². The van der Waals surface area contributed by atoms with E-state index in [1.54, 1.807) is 12.1 Å². The average Bonchev–Trinajstić information content (AvgIpc) is 2.97. The topological polar surface area (TPSA) is 50.5 Å². The number of halogens is 1. The Morgan fingerprint density at radius 2 is 1.86 bits per heavy atom. The zero-order valence-electron chi connectivity index (χ0n) is 12.7. The second kappa shape index (κ2) is 6.96. The Morgan fingerprint density at radius 3 is 2.41 bits per heavy atom. The molecule has 0 N–H and O–H groups in total. The van der Waals surface area contributed by atoms with Gasteiger partial charge in [-0.05, 0) is 48.7 Å².